The van der Waals surface area contributed by atoms with Crippen LogP contribution in [0.1, 0.15) is 0 Å². The first-order valence-corrected chi connectivity index (χ1v) is 6.58. The van der Waals surface area contributed by atoms with Crippen molar-refractivity contribution >= 4 is 46.5 Å². The fourth-order valence-electron chi connectivity index (χ4n) is 1.32. The van der Waals surface area contributed by atoms with E-state index in [1.165, 1.54) is 12.1 Å². The molecular formula is C11H7Cl2N3O2S. The van der Waals surface area contributed by atoms with Crippen LogP contribution in [-0.4, -0.2) is 9.91 Å². The van der Waals surface area contributed by atoms with Crippen LogP contribution in [0.5, 0.6) is 0 Å². The molecule has 19 heavy (non-hydrogen) atoms. The molecule has 0 bridgehead atoms. The van der Waals surface area contributed by atoms with Crippen LogP contribution in [0.3, 0.4) is 0 Å². The number of pyridine rings is 1. The summed E-state index contributed by atoms with van der Waals surface area (Å²) in [6, 6.07) is 7.55. The van der Waals surface area contributed by atoms with Crippen LogP contribution in [0.25, 0.3) is 0 Å². The van der Waals surface area contributed by atoms with E-state index in [0.717, 1.165) is 11.8 Å². The maximum absolute atomic E-state index is 10.9. The second-order valence-electron chi connectivity index (χ2n) is 3.49. The third kappa shape index (κ3) is 3.28. The fraction of sp³-hybridized carbons (Fsp3) is 0. The lowest BCUT2D eigenvalue weighted by atomic mass is 10.4. The molecule has 2 aromatic rings. The number of nitro groups is 1. The van der Waals surface area contributed by atoms with Crippen molar-refractivity contribution in [1.82, 2.24) is 4.98 Å². The molecule has 5 nitrogen and oxygen atoms in total. The molecule has 0 aliphatic carbocycles. The second kappa shape index (κ2) is 5.64. The van der Waals surface area contributed by atoms with Crippen LogP contribution in [0.2, 0.25) is 10.0 Å². The van der Waals surface area contributed by atoms with E-state index in [4.69, 9.17) is 28.9 Å². The summed E-state index contributed by atoms with van der Waals surface area (Å²) in [5.74, 6) is 0.200. The van der Waals surface area contributed by atoms with E-state index in [2.05, 4.69) is 4.98 Å². The number of hydrogen-bond donors (Lipinski definition) is 1. The lowest BCUT2D eigenvalue weighted by Gasteiger charge is -2.05. The van der Waals surface area contributed by atoms with Gasteiger partial charge in [0.15, 0.2) is 5.03 Å². The van der Waals surface area contributed by atoms with Crippen LogP contribution < -0.4 is 5.73 Å². The van der Waals surface area contributed by atoms with Crippen molar-refractivity contribution < 1.29 is 4.92 Å². The Morgan fingerprint density at radius 1 is 1.26 bits per heavy atom. The number of nitrogens with zero attached hydrogens (tertiary/aromatic N) is 2. The van der Waals surface area contributed by atoms with Gasteiger partial charge in [0.05, 0.1) is 9.95 Å². The maximum Gasteiger partial charge on any atom is 0.301 e. The Morgan fingerprint density at radius 2 is 2.00 bits per heavy atom. The molecule has 0 radical (unpaired) electrons. The highest BCUT2D eigenvalue weighted by atomic mass is 35.5. The third-order valence-corrected chi connectivity index (χ3v) is 3.89. The van der Waals surface area contributed by atoms with Crippen LogP contribution in [0.15, 0.2) is 40.3 Å². The van der Waals surface area contributed by atoms with Gasteiger partial charge in [-0.05, 0) is 24.3 Å². The zero-order chi connectivity index (χ0) is 14.0. The van der Waals surface area contributed by atoms with Gasteiger partial charge >= 0.3 is 5.69 Å². The molecular weight excluding hydrogens is 309 g/mol. The van der Waals surface area contributed by atoms with E-state index in [-0.39, 0.29) is 16.5 Å². The van der Waals surface area contributed by atoms with E-state index in [1.807, 2.05) is 0 Å². The molecule has 1 aromatic carbocycles. The van der Waals surface area contributed by atoms with Gasteiger partial charge in [-0.15, -0.1) is 0 Å². The summed E-state index contributed by atoms with van der Waals surface area (Å²) in [4.78, 5) is 14.9. The van der Waals surface area contributed by atoms with Gasteiger partial charge in [-0.2, -0.15) is 0 Å². The smallest absolute Gasteiger partial charge is 0.301 e. The standard InChI is InChI=1S/C11H7Cl2N3O2S/c12-6-1-2-7(13)9(5-6)19-11-8(16(17)18)3-4-10(14)15-11/h1-5H,(H2,14,15). The highest BCUT2D eigenvalue weighted by Crippen LogP contribution is 2.38. The molecule has 0 spiro atoms. The summed E-state index contributed by atoms with van der Waals surface area (Å²) in [6.07, 6.45) is 0. The molecule has 0 saturated heterocycles. The van der Waals surface area contributed by atoms with Crippen molar-refractivity contribution in [3.8, 4) is 0 Å². The first-order chi connectivity index (χ1) is 8.97. The van der Waals surface area contributed by atoms with Crippen molar-refractivity contribution in [2.75, 3.05) is 5.73 Å². The SMILES string of the molecule is Nc1ccc([N+](=O)[O-])c(Sc2cc(Cl)ccc2Cl)n1. The molecule has 0 saturated carbocycles. The molecule has 0 atom stereocenters. The van der Waals surface area contributed by atoms with Gasteiger partial charge in [0, 0.05) is 16.0 Å². The van der Waals surface area contributed by atoms with Gasteiger partial charge in [-0.1, -0.05) is 35.0 Å². The molecule has 0 fully saturated rings. The molecule has 8 heteroatoms. The Balaban J connectivity index is 2.45. The highest BCUT2D eigenvalue weighted by Gasteiger charge is 2.18. The third-order valence-electron chi connectivity index (χ3n) is 2.16. The van der Waals surface area contributed by atoms with Gasteiger partial charge in [-0.3, -0.25) is 10.1 Å². The Bertz CT molecular complexity index is 652. The van der Waals surface area contributed by atoms with Crippen molar-refractivity contribution in [3.63, 3.8) is 0 Å². The van der Waals surface area contributed by atoms with Crippen LogP contribution in [0.4, 0.5) is 11.5 Å². The molecule has 1 aromatic heterocycles. The Labute approximate surface area is 122 Å². The van der Waals surface area contributed by atoms with Crippen molar-refractivity contribution in [1.29, 1.82) is 0 Å². The first kappa shape index (κ1) is 13.9. The Hall–Kier alpha value is -1.50. The van der Waals surface area contributed by atoms with Gasteiger partial charge in [0.2, 0.25) is 0 Å². The minimum absolute atomic E-state index is 0.129. The fourth-order valence-corrected chi connectivity index (χ4v) is 2.75. The van der Waals surface area contributed by atoms with Gasteiger partial charge in [-0.25, -0.2) is 4.98 Å². The Morgan fingerprint density at radius 3 is 2.68 bits per heavy atom. The average Bonchev–Trinajstić information content (AvgIpc) is 2.33. The highest BCUT2D eigenvalue weighted by molar-refractivity contribution is 7.99. The quantitative estimate of drug-likeness (QED) is 0.683. The molecule has 0 unspecified atom stereocenters. The number of benzene rings is 1. The molecule has 1 heterocycles. The van der Waals surface area contributed by atoms with Crippen LogP contribution in [0, 0.1) is 10.1 Å². The van der Waals surface area contributed by atoms with Gasteiger partial charge < -0.3 is 5.73 Å². The molecule has 0 aliphatic rings. The monoisotopic (exact) mass is 315 g/mol. The zero-order valence-corrected chi connectivity index (χ0v) is 11.7. The van der Waals surface area contributed by atoms with Gasteiger partial charge in [0.25, 0.3) is 0 Å². The number of halogens is 2. The average molecular weight is 316 g/mol. The first-order valence-electron chi connectivity index (χ1n) is 5.01. The summed E-state index contributed by atoms with van der Waals surface area (Å²) in [6.45, 7) is 0. The van der Waals surface area contributed by atoms with E-state index < -0.39 is 4.92 Å². The second-order valence-corrected chi connectivity index (χ2v) is 5.37. The minimum Gasteiger partial charge on any atom is -0.384 e. The maximum atomic E-state index is 10.9. The Kier molecular flexibility index (Phi) is 4.14. The predicted molar refractivity (Wildman–Crippen MR) is 75.9 cm³/mol. The lowest BCUT2D eigenvalue weighted by molar-refractivity contribution is -0.388. The number of hydrogen-bond acceptors (Lipinski definition) is 5. The number of rotatable bonds is 3. The van der Waals surface area contributed by atoms with Crippen LogP contribution in [-0.2, 0) is 0 Å². The molecule has 0 aliphatic heterocycles. The lowest BCUT2D eigenvalue weighted by Crippen LogP contribution is -1.97. The molecule has 2 N–H and O–H groups in total. The number of nitrogens with two attached hydrogens (primary N) is 1. The van der Waals surface area contributed by atoms with E-state index in [0.29, 0.717) is 14.9 Å². The summed E-state index contributed by atoms with van der Waals surface area (Å²) >= 11 is 12.9. The van der Waals surface area contributed by atoms with Crippen molar-refractivity contribution in [2.45, 2.75) is 9.92 Å². The van der Waals surface area contributed by atoms with Crippen molar-refractivity contribution in [3.05, 3.63) is 50.5 Å². The zero-order valence-electron chi connectivity index (χ0n) is 9.34. The summed E-state index contributed by atoms with van der Waals surface area (Å²) in [7, 11) is 0. The summed E-state index contributed by atoms with van der Waals surface area (Å²) in [5.41, 5.74) is 5.41. The van der Waals surface area contributed by atoms with E-state index in [1.54, 1.807) is 18.2 Å². The topological polar surface area (TPSA) is 82.0 Å². The van der Waals surface area contributed by atoms with Gasteiger partial charge in [0.1, 0.15) is 5.82 Å². The minimum atomic E-state index is -0.521. The molecule has 0 amide bonds. The number of anilines is 1. The molecule has 98 valence electrons. The molecule has 2 rings (SSSR count). The number of nitrogen functional groups attached to an aromatic ring is 1. The number of aromatic nitrogens is 1. The summed E-state index contributed by atoms with van der Waals surface area (Å²) < 4.78 is 0. The van der Waals surface area contributed by atoms with E-state index >= 15 is 0 Å². The largest absolute Gasteiger partial charge is 0.384 e. The predicted octanol–water partition coefficient (Wildman–Crippen LogP) is 4.03. The summed E-state index contributed by atoms with van der Waals surface area (Å²) in [5, 5.41) is 12.0. The normalized spacial score (nSPS) is 10.4. The van der Waals surface area contributed by atoms with Crippen LogP contribution >= 0.6 is 35.0 Å². The van der Waals surface area contributed by atoms with E-state index in [9.17, 15) is 10.1 Å². The van der Waals surface area contributed by atoms with Crippen molar-refractivity contribution in [2.24, 2.45) is 0 Å².